The molecular weight excluding hydrogens is 508 g/mol. The van der Waals surface area contributed by atoms with Crippen molar-refractivity contribution in [2.45, 2.75) is 72.1 Å². The van der Waals surface area contributed by atoms with E-state index in [-0.39, 0.29) is 55.5 Å². The number of thioether (sulfide) groups is 1. The van der Waals surface area contributed by atoms with E-state index in [9.17, 15) is 24.0 Å². The summed E-state index contributed by atoms with van der Waals surface area (Å²) in [7, 11) is 0. The summed E-state index contributed by atoms with van der Waals surface area (Å²) in [5, 5.41) is 5.29. The monoisotopic (exact) mass is 550 g/mol. The molecule has 12 nitrogen and oxygen atoms in total. The van der Waals surface area contributed by atoms with Gasteiger partial charge in [0.25, 0.3) is 0 Å². The van der Waals surface area contributed by atoms with E-state index in [0.717, 1.165) is 0 Å². The maximum Gasteiger partial charge on any atom is 0.306 e. The van der Waals surface area contributed by atoms with Crippen molar-refractivity contribution in [1.29, 1.82) is 0 Å². The maximum absolute atomic E-state index is 12.5. The zero-order valence-electron chi connectivity index (χ0n) is 22.7. The number of nitrogens with one attached hydrogen (secondary N) is 2. The van der Waals surface area contributed by atoms with E-state index in [1.165, 1.54) is 32.5 Å². The van der Waals surface area contributed by atoms with Gasteiger partial charge in [0.2, 0.25) is 11.8 Å². The van der Waals surface area contributed by atoms with Gasteiger partial charge in [-0.15, -0.1) is 0 Å². The quantitative estimate of drug-likeness (QED) is 0.134. The van der Waals surface area contributed by atoms with Crippen molar-refractivity contribution >= 4 is 41.5 Å². The topological polar surface area (TPSA) is 156 Å². The number of hydrogen-bond acceptors (Lipinski definition) is 11. The van der Waals surface area contributed by atoms with Crippen molar-refractivity contribution < 1.29 is 47.7 Å². The van der Waals surface area contributed by atoms with Crippen LogP contribution in [0.15, 0.2) is 0 Å². The molecule has 214 valence electrons. The van der Waals surface area contributed by atoms with Crippen LogP contribution < -0.4 is 10.6 Å². The highest BCUT2D eigenvalue weighted by atomic mass is 32.2. The van der Waals surface area contributed by atoms with Crippen LogP contribution >= 0.6 is 11.8 Å². The maximum atomic E-state index is 12.5. The van der Waals surface area contributed by atoms with Gasteiger partial charge in [0, 0.05) is 51.8 Å². The lowest BCUT2D eigenvalue weighted by atomic mass is 10.2. The van der Waals surface area contributed by atoms with Crippen LogP contribution in [0.4, 0.5) is 0 Å². The fourth-order valence-electron chi connectivity index (χ4n) is 2.71. The highest BCUT2D eigenvalue weighted by Gasteiger charge is 2.21. The molecule has 0 rings (SSSR count). The first kappa shape index (κ1) is 34.6. The number of carbonyl (C=O) groups excluding carboxylic acids is 5. The first-order valence-corrected chi connectivity index (χ1v) is 13.3. The summed E-state index contributed by atoms with van der Waals surface area (Å²) in [5.41, 5.74) is -0.497. The average molecular weight is 551 g/mol. The third-order valence-electron chi connectivity index (χ3n) is 4.09. The Kier molecular flexibility index (Phi) is 18.4. The van der Waals surface area contributed by atoms with E-state index >= 15 is 0 Å². The minimum Gasteiger partial charge on any atom is -0.462 e. The molecule has 0 aliphatic carbocycles. The molecular formula is C24H42N2O10S. The Hall–Kier alpha value is -2.38. The molecule has 0 bridgehead atoms. The summed E-state index contributed by atoms with van der Waals surface area (Å²) in [6.07, 6.45) is 0.174. The van der Waals surface area contributed by atoms with Gasteiger partial charge in [0.05, 0.1) is 19.8 Å². The zero-order chi connectivity index (χ0) is 28.3. The molecule has 13 heteroatoms. The molecule has 2 N–H and O–H groups in total. The van der Waals surface area contributed by atoms with E-state index in [0.29, 0.717) is 26.2 Å². The minimum atomic E-state index is -0.803. The van der Waals surface area contributed by atoms with Gasteiger partial charge in [-0.2, -0.15) is 11.8 Å². The minimum absolute atomic E-state index is 0.0935. The van der Waals surface area contributed by atoms with Crippen LogP contribution in [0.2, 0.25) is 0 Å². The first-order valence-electron chi connectivity index (χ1n) is 12.1. The summed E-state index contributed by atoms with van der Waals surface area (Å²) < 4.78 is 26.1. The molecule has 2 unspecified atom stereocenters. The molecule has 0 aromatic rings. The Balaban J connectivity index is 4.15. The zero-order valence-corrected chi connectivity index (χ0v) is 23.5. The fraction of sp³-hybridized carbons (Fsp3) is 0.792. The van der Waals surface area contributed by atoms with Gasteiger partial charge in [0.1, 0.15) is 24.4 Å². The Bertz CT molecular complexity index is 727. The van der Waals surface area contributed by atoms with Crippen LogP contribution in [0, 0.1) is 0 Å². The van der Waals surface area contributed by atoms with Crippen LogP contribution in [0.25, 0.3) is 0 Å². The standard InChI is InChI=1S/C24H42N2O10S/c1-17(27)26-21(16-37-15-20(35-19(3)29)14-34-18(2)28)23(31)25-9-11-33-13-12-32-10-7-8-22(30)36-24(4,5)6/h20-21H,7-16H2,1-6H3,(H,25,31)(H,26,27). The molecule has 0 aromatic carbocycles. The van der Waals surface area contributed by atoms with Crippen molar-refractivity contribution in [2.75, 3.05) is 51.1 Å². The van der Waals surface area contributed by atoms with Gasteiger partial charge in [-0.25, -0.2) is 0 Å². The molecule has 0 aliphatic rings. The first-order chi connectivity index (χ1) is 17.3. The van der Waals surface area contributed by atoms with Crippen molar-refractivity contribution in [3.63, 3.8) is 0 Å². The number of rotatable bonds is 19. The lowest BCUT2D eigenvalue weighted by Gasteiger charge is -2.20. The Morgan fingerprint density at radius 2 is 1.51 bits per heavy atom. The summed E-state index contributed by atoms with van der Waals surface area (Å²) in [6.45, 7) is 10.8. The molecule has 2 amide bonds. The second kappa shape index (κ2) is 19.7. The van der Waals surface area contributed by atoms with Crippen molar-refractivity contribution in [3.05, 3.63) is 0 Å². The predicted octanol–water partition coefficient (Wildman–Crippen LogP) is 0.990. The summed E-state index contributed by atoms with van der Waals surface area (Å²) >= 11 is 1.27. The summed E-state index contributed by atoms with van der Waals surface area (Å²) in [6, 6.07) is -0.803. The Morgan fingerprint density at radius 3 is 2.08 bits per heavy atom. The number of amides is 2. The van der Waals surface area contributed by atoms with Gasteiger partial charge in [-0.05, 0) is 27.2 Å². The largest absolute Gasteiger partial charge is 0.462 e. The number of esters is 3. The summed E-state index contributed by atoms with van der Waals surface area (Å²) in [5.74, 6) is -1.51. The third-order valence-corrected chi connectivity index (χ3v) is 5.27. The molecule has 2 atom stereocenters. The van der Waals surface area contributed by atoms with Gasteiger partial charge < -0.3 is 34.3 Å². The average Bonchev–Trinajstić information content (AvgIpc) is 2.75. The molecule has 0 spiro atoms. The van der Waals surface area contributed by atoms with Crippen molar-refractivity contribution in [1.82, 2.24) is 10.6 Å². The van der Waals surface area contributed by atoms with Crippen LogP contribution in [0.5, 0.6) is 0 Å². The molecule has 0 heterocycles. The van der Waals surface area contributed by atoms with Crippen LogP contribution in [-0.4, -0.2) is 98.6 Å². The van der Waals surface area contributed by atoms with Crippen LogP contribution in [0.3, 0.4) is 0 Å². The van der Waals surface area contributed by atoms with Gasteiger partial charge in [-0.3, -0.25) is 24.0 Å². The van der Waals surface area contributed by atoms with Crippen LogP contribution in [0.1, 0.15) is 54.4 Å². The second-order valence-electron chi connectivity index (χ2n) is 9.03. The van der Waals surface area contributed by atoms with Gasteiger partial charge in [0.15, 0.2) is 0 Å². The van der Waals surface area contributed by atoms with E-state index in [1.807, 2.05) is 20.8 Å². The van der Waals surface area contributed by atoms with Crippen molar-refractivity contribution in [3.8, 4) is 0 Å². The Morgan fingerprint density at radius 1 is 0.865 bits per heavy atom. The number of carbonyl (C=O) groups is 5. The normalized spacial score (nSPS) is 12.7. The molecule has 0 saturated carbocycles. The summed E-state index contributed by atoms with van der Waals surface area (Å²) in [4.78, 5) is 57.9. The number of ether oxygens (including phenoxy) is 5. The predicted molar refractivity (Wildman–Crippen MR) is 137 cm³/mol. The molecule has 0 fully saturated rings. The molecule has 0 radical (unpaired) electrons. The van der Waals surface area contributed by atoms with Crippen molar-refractivity contribution in [2.24, 2.45) is 0 Å². The Labute approximate surface area is 223 Å². The van der Waals surface area contributed by atoms with E-state index in [1.54, 1.807) is 0 Å². The molecule has 0 aliphatic heterocycles. The molecule has 37 heavy (non-hydrogen) atoms. The fourth-order valence-corrected chi connectivity index (χ4v) is 3.74. The van der Waals surface area contributed by atoms with Crippen LogP contribution in [-0.2, 0) is 47.7 Å². The highest BCUT2D eigenvalue weighted by molar-refractivity contribution is 7.99. The highest BCUT2D eigenvalue weighted by Crippen LogP contribution is 2.10. The lowest BCUT2D eigenvalue weighted by Crippen LogP contribution is -2.48. The van der Waals surface area contributed by atoms with E-state index in [4.69, 9.17) is 23.7 Å². The lowest BCUT2D eigenvalue weighted by molar-refractivity contribution is -0.155. The molecule has 0 saturated heterocycles. The van der Waals surface area contributed by atoms with E-state index in [2.05, 4.69) is 10.6 Å². The third kappa shape index (κ3) is 22.5. The molecule has 0 aromatic heterocycles. The smallest absolute Gasteiger partial charge is 0.306 e. The number of hydrogen-bond donors (Lipinski definition) is 2. The SMILES string of the molecule is CC(=O)NC(CSCC(COC(C)=O)OC(C)=O)C(=O)NCCOCCOCCCC(=O)OC(C)(C)C. The van der Waals surface area contributed by atoms with E-state index < -0.39 is 29.7 Å². The van der Waals surface area contributed by atoms with Gasteiger partial charge >= 0.3 is 17.9 Å². The second-order valence-corrected chi connectivity index (χ2v) is 10.1. The van der Waals surface area contributed by atoms with Gasteiger partial charge in [-0.1, -0.05) is 0 Å².